The predicted molar refractivity (Wildman–Crippen MR) is 88.6 cm³/mol. The second-order valence-corrected chi connectivity index (χ2v) is 7.78. The van der Waals surface area contributed by atoms with Crippen LogP contribution < -0.4 is 10.2 Å². The van der Waals surface area contributed by atoms with Crippen LogP contribution in [0.25, 0.3) is 0 Å². The van der Waals surface area contributed by atoms with Gasteiger partial charge in [0, 0.05) is 30.6 Å². The fourth-order valence-electron chi connectivity index (χ4n) is 2.70. The normalized spacial score (nSPS) is 17.7. The number of nitrogens with zero attached hydrogens (tertiary/aromatic N) is 2. The van der Waals surface area contributed by atoms with Gasteiger partial charge in [-0.3, -0.25) is 0 Å². The summed E-state index contributed by atoms with van der Waals surface area (Å²) in [4.78, 5) is 7.26. The van der Waals surface area contributed by atoms with Crippen LogP contribution in [-0.4, -0.2) is 23.6 Å². The van der Waals surface area contributed by atoms with Gasteiger partial charge in [-0.1, -0.05) is 19.8 Å². The number of aromatic nitrogens is 1. The maximum atomic E-state index is 4.79. The van der Waals surface area contributed by atoms with Crippen molar-refractivity contribution in [2.24, 2.45) is 5.92 Å². The van der Waals surface area contributed by atoms with Crippen molar-refractivity contribution in [1.29, 1.82) is 0 Å². The van der Waals surface area contributed by atoms with Crippen LogP contribution in [0.15, 0.2) is 5.38 Å². The number of rotatable bonds is 5. The molecule has 1 N–H and O–H groups in total. The lowest BCUT2D eigenvalue weighted by Gasteiger charge is -2.31. The van der Waals surface area contributed by atoms with Crippen LogP contribution in [0.2, 0.25) is 0 Å². The van der Waals surface area contributed by atoms with Gasteiger partial charge in [0.2, 0.25) is 0 Å². The van der Waals surface area contributed by atoms with Gasteiger partial charge >= 0.3 is 0 Å². The lowest BCUT2D eigenvalue weighted by atomic mass is 9.93. The highest BCUT2D eigenvalue weighted by Crippen LogP contribution is 2.28. The molecule has 0 atom stereocenters. The Morgan fingerprint density at radius 3 is 2.65 bits per heavy atom. The van der Waals surface area contributed by atoms with Crippen molar-refractivity contribution in [2.75, 3.05) is 18.0 Å². The van der Waals surface area contributed by atoms with E-state index in [-0.39, 0.29) is 5.54 Å². The molecule has 2 rings (SSSR count). The van der Waals surface area contributed by atoms with Crippen LogP contribution in [0.5, 0.6) is 0 Å². The van der Waals surface area contributed by atoms with Crippen LogP contribution in [-0.2, 0) is 6.54 Å². The third-order valence-electron chi connectivity index (χ3n) is 3.92. The first-order chi connectivity index (χ1) is 9.48. The van der Waals surface area contributed by atoms with Gasteiger partial charge in [0.25, 0.3) is 0 Å². The molecule has 1 aromatic rings. The Hall–Kier alpha value is -0.610. The zero-order chi connectivity index (χ0) is 14.6. The molecule has 0 radical (unpaired) electrons. The van der Waals surface area contributed by atoms with Gasteiger partial charge in [0.1, 0.15) is 0 Å². The number of hydrogen-bond acceptors (Lipinski definition) is 4. The summed E-state index contributed by atoms with van der Waals surface area (Å²) in [7, 11) is 0. The molecule has 1 aromatic heterocycles. The Bertz CT molecular complexity index is 400. The highest BCUT2D eigenvalue weighted by Gasteiger charge is 2.20. The highest BCUT2D eigenvalue weighted by atomic mass is 32.1. The van der Waals surface area contributed by atoms with E-state index >= 15 is 0 Å². The van der Waals surface area contributed by atoms with E-state index in [1.54, 1.807) is 11.3 Å². The first-order valence-electron chi connectivity index (χ1n) is 7.92. The molecule has 1 aliphatic rings. The van der Waals surface area contributed by atoms with Crippen LogP contribution in [0.3, 0.4) is 0 Å². The first-order valence-corrected chi connectivity index (χ1v) is 8.80. The summed E-state index contributed by atoms with van der Waals surface area (Å²) in [6.07, 6.45) is 5.39. The van der Waals surface area contributed by atoms with Crippen LogP contribution >= 0.6 is 11.3 Å². The highest BCUT2D eigenvalue weighted by molar-refractivity contribution is 7.13. The van der Waals surface area contributed by atoms with Crippen molar-refractivity contribution in [3.05, 3.63) is 11.1 Å². The monoisotopic (exact) mass is 295 g/mol. The van der Waals surface area contributed by atoms with Gasteiger partial charge in [0.05, 0.1) is 5.69 Å². The lowest BCUT2D eigenvalue weighted by molar-refractivity contribution is 0.378. The Kier molecular flexibility index (Phi) is 5.44. The van der Waals surface area contributed by atoms with Gasteiger partial charge in [-0.2, -0.15) is 0 Å². The molecule has 2 heterocycles. The number of hydrogen-bond donors (Lipinski definition) is 1. The molecule has 1 aliphatic heterocycles. The summed E-state index contributed by atoms with van der Waals surface area (Å²) in [6.45, 7) is 12.1. The smallest absolute Gasteiger partial charge is 0.185 e. The molecular weight excluding hydrogens is 266 g/mol. The molecule has 20 heavy (non-hydrogen) atoms. The van der Waals surface area contributed by atoms with E-state index in [1.165, 1.54) is 49.6 Å². The maximum absolute atomic E-state index is 4.79. The molecule has 4 heteroatoms. The molecule has 0 spiro atoms. The average molecular weight is 295 g/mol. The molecule has 0 aromatic carbocycles. The van der Waals surface area contributed by atoms with Crippen LogP contribution in [0.1, 0.15) is 59.1 Å². The van der Waals surface area contributed by atoms with Gasteiger partial charge in [-0.05, 0) is 39.5 Å². The van der Waals surface area contributed by atoms with E-state index in [2.05, 4.69) is 43.3 Å². The number of anilines is 1. The van der Waals surface area contributed by atoms with Crippen molar-refractivity contribution in [3.8, 4) is 0 Å². The average Bonchev–Trinajstić information content (AvgIpc) is 2.86. The SMILES string of the molecule is CCCC1CCN(c2nc(CNC(C)(C)C)cs2)CC1. The molecule has 0 bridgehead atoms. The number of nitrogens with one attached hydrogen (secondary N) is 1. The molecular formula is C16H29N3S. The molecule has 0 unspecified atom stereocenters. The summed E-state index contributed by atoms with van der Waals surface area (Å²) in [5, 5.41) is 6.92. The fourth-order valence-corrected chi connectivity index (χ4v) is 3.58. The molecule has 1 saturated heterocycles. The summed E-state index contributed by atoms with van der Waals surface area (Å²) < 4.78 is 0. The lowest BCUT2D eigenvalue weighted by Crippen LogP contribution is -2.35. The largest absolute Gasteiger partial charge is 0.348 e. The summed E-state index contributed by atoms with van der Waals surface area (Å²) in [5.74, 6) is 0.943. The minimum Gasteiger partial charge on any atom is -0.348 e. The van der Waals surface area contributed by atoms with Gasteiger partial charge < -0.3 is 10.2 Å². The zero-order valence-electron chi connectivity index (χ0n) is 13.4. The van der Waals surface area contributed by atoms with Gasteiger partial charge in [0.15, 0.2) is 5.13 Å². The molecule has 0 amide bonds. The van der Waals surface area contributed by atoms with Crippen LogP contribution in [0, 0.1) is 5.92 Å². The quantitative estimate of drug-likeness (QED) is 0.888. The Morgan fingerprint density at radius 1 is 1.35 bits per heavy atom. The Labute approximate surface area is 127 Å². The predicted octanol–water partition coefficient (Wildman–Crippen LogP) is 4.05. The molecule has 1 fully saturated rings. The summed E-state index contributed by atoms with van der Waals surface area (Å²) in [6, 6.07) is 0. The number of piperidine rings is 1. The van der Waals surface area contributed by atoms with E-state index in [4.69, 9.17) is 4.98 Å². The van der Waals surface area contributed by atoms with Crippen molar-refractivity contribution in [3.63, 3.8) is 0 Å². The van der Waals surface area contributed by atoms with E-state index in [9.17, 15) is 0 Å². The molecule has 0 saturated carbocycles. The fraction of sp³-hybridized carbons (Fsp3) is 0.812. The second kappa shape index (κ2) is 6.90. The topological polar surface area (TPSA) is 28.2 Å². The standard InChI is InChI=1S/C16H29N3S/c1-5-6-13-7-9-19(10-8-13)15-18-14(12-20-15)11-17-16(2,3)4/h12-13,17H,5-11H2,1-4H3. The van der Waals surface area contributed by atoms with Crippen molar-refractivity contribution >= 4 is 16.5 Å². The number of thiazole rings is 1. The summed E-state index contributed by atoms with van der Waals surface area (Å²) in [5.41, 5.74) is 1.33. The van der Waals surface area contributed by atoms with Crippen molar-refractivity contribution < 1.29 is 0 Å². The van der Waals surface area contributed by atoms with E-state index < -0.39 is 0 Å². The van der Waals surface area contributed by atoms with Crippen molar-refractivity contribution in [1.82, 2.24) is 10.3 Å². The maximum Gasteiger partial charge on any atom is 0.185 e. The van der Waals surface area contributed by atoms with Gasteiger partial charge in [-0.15, -0.1) is 11.3 Å². The van der Waals surface area contributed by atoms with E-state index in [0.717, 1.165) is 12.5 Å². The minimum absolute atomic E-state index is 0.155. The summed E-state index contributed by atoms with van der Waals surface area (Å²) >= 11 is 1.80. The third kappa shape index (κ3) is 4.74. The molecule has 3 nitrogen and oxygen atoms in total. The van der Waals surface area contributed by atoms with Gasteiger partial charge in [-0.25, -0.2) is 4.98 Å². The minimum atomic E-state index is 0.155. The second-order valence-electron chi connectivity index (χ2n) is 6.94. The third-order valence-corrected chi connectivity index (χ3v) is 4.87. The molecule has 114 valence electrons. The Balaban J connectivity index is 1.84. The first kappa shape index (κ1) is 15.8. The zero-order valence-corrected chi connectivity index (χ0v) is 14.2. The van der Waals surface area contributed by atoms with Crippen molar-refractivity contribution in [2.45, 2.75) is 65.5 Å². The molecule has 0 aliphatic carbocycles. The van der Waals surface area contributed by atoms with Crippen LogP contribution in [0.4, 0.5) is 5.13 Å². The van der Waals surface area contributed by atoms with E-state index in [1.807, 2.05) is 0 Å². The van der Waals surface area contributed by atoms with E-state index in [0.29, 0.717) is 0 Å². The Morgan fingerprint density at radius 2 is 2.05 bits per heavy atom.